The number of anilines is 1. The monoisotopic (exact) mass is 289 g/mol. The van der Waals surface area contributed by atoms with Crippen molar-refractivity contribution in [2.45, 2.75) is 26.2 Å². The van der Waals surface area contributed by atoms with Crippen LogP contribution in [0.5, 0.6) is 0 Å². The molecule has 1 aliphatic heterocycles. The predicted octanol–water partition coefficient (Wildman–Crippen LogP) is 1.68. The fourth-order valence-corrected chi connectivity index (χ4v) is 2.60. The highest BCUT2D eigenvalue weighted by molar-refractivity contribution is 6.03. The van der Waals surface area contributed by atoms with Crippen LogP contribution in [-0.2, 0) is 4.79 Å². The van der Waals surface area contributed by atoms with Crippen LogP contribution in [0.1, 0.15) is 35.2 Å². The van der Waals surface area contributed by atoms with Crippen LogP contribution in [0.15, 0.2) is 18.2 Å². The number of carbonyl (C=O) groups excluding carboxylic acids is 2. The van der Waals surface area contributed by atoms with E-state index in [-0.39, 0.29) is 11.8 Å². The molecule has 0 aliphatic carbocycles. The van der Waals surface area contributed by atoms with Crippen LogP contribution in [0.2, 0.25) is 0 Å². The van der Waals surface area contributed by atoms with Crippen LogP contribution in [0.4, 0.5) is 5.69 Å². The van der Waals surface area contributed by atoms with Crippen LogP contribution >= 0.6 is 0 Å². The molecule has 2 rings (SSSR count). The quantitative estimate of drug-likeness (QED) is 0.772. The SMILES string of the molecule is CNC(=O)c1cc(C)ccc1NC(=O)CCC1CCNC1. The molecule has 21 heavy (non-hydrogen) atoms. The standard InChI is InChI=1S/C16H23N3O2/c1-11-3-5-14(13(9-11)16(21)17-2)19-15(20)6-4-12-7-8-18-10-12/h3,5,9,12,18H,4,6-8,10H2,1-2H3,(H,17,21)(H,19,20). The number of hydrogen-bond acceptors (Lipinski definition) is 3. The van der Waals surface area contributed by atoms with Crippen molar-refractivity contribution in [3.63, 3.8) is 0 Å². The maximum atomic E-state index is 12.1. The lowest BCUT2D eigenvalue weighted by atomic mass is 10.0. The number of rotatable bonds is 5. The topological polar surface area (TPSA) is 70.2 Å². The van der Waals surface area contributed by atoms with Gasteiger partial charge in [0.25, 0.3) is 5.91 Å². The molecule has 0 aromatic heterocycles. The van der Waals surface area contributed by atoms with E-state index in [1.54, 1.807) is 19.2 Å². The zero-order chi connectivity index (χ0) is 15.2. The Bertz CT molecular complexity index is 522. The summed E-state index contributed by atoms with van der Waals surface area (Å²) in [7, 11) is 1.59. The molecule has 114 valence electrons. The minimum atomic E-state index is -0.186. The molecule has 1 saturated heterocycles. The summed E-state index contributed by atoms with van der Waals surface area (Å²) in [5, 5.41) is 8.76. The third kappa shape index (κ3) is 4.29. The molecule has 0 radical (unpaired) electrons. The summed E-state index contributed by atoms with van der Waals surface area (Å²) in [6, 6.07) is 5.47. The Labute approximate surface area is 125 Å². The zero-order valence-corrected chi connectivity index (χ0v) is 12.7. The van der Waals surface area contributed by atoms with Gasteiger partial charge in [0.2, 0.25) is 5.91 Å². The molecule has 1 atom stereocenters. The molecule has 1 aromatic rings. The maximum Gasteiger partial charge on any atom is 0.253 e. The summed E-state index contributed by atoms with van der Waals surface area (Å²) < 4.78 is 0. The van der Waals surface area contributed by atoms with Crippen molar-refractivity contribution in [1.82, 2.24) is 10.6 Å². The zero-order valence-electron chi connectivity index (χ0n) is 12.7. The first kappa shape index (κ1) is 15.5. The second-order valence-electron chi connectivity index (χ2n) is 5.57. The Balaban J connectivity index is 1.97. The average Bonchev–Trinajstić information content (AvgIpc) is 2.99. The smallest absolute Gasteiger partial charge is 0.253 e. The van der Waals surface area contributed by atoms with E-state index in [9.17, 15) is 9.59 Å². The first-order valence-electron chi connectivity index (χ1n) is 7.43. The summed E-state index contributed by atoms with van der Waals surface area (Å²) in [5.74, 6) is 0.372. The van der Waals surface area contributed by atoms with Crippen molar-refractivity contribution in [3.05, 3.63) is 29.3 Å². The second kappa shape index (κ2) is 7.22. The van der Waals surface area contributed by atoms with Gasteiger partial charge in [-0.15, -0.1) is 0 Å². The first-order valence-corrected chi connectivity index (χ1v) is 7.43. The third-order valence-electron chi connectivity index (χ3n) is 3.86. The fourth-order valence-electron chi connectivity index (χ4n) is 2.60. The van der Waals surface area contributed by atoms with Crippen LogP contribution in [0, 0.1) is 12.8 Å². The Morgan fingerprint density at radius 1 is 1.38 bits per heavy atom. The molecular formula is C16H23N3O2. The van der Waals surface area contributed by atoms with Gasteiger partial charge in [0.1, 0.15) is 0 Å². The van der Waals surface area contributed by atoms with Gasteiger partial charge >= 0.3 is 0 Å². The molecule has 3 N–H and O–H groups in total. The van der Waals surface area contributed by atoms with Gasteiger partial charge in [-0.25, -0.2) is 0 Å². The Morgan fingerprint density at radius 3 is 2.86 bits per heavy atom. The first-order chi connectivity index (χ1) is 10.1. The lowest BCUT2D eigenvalue weighted by molar-refractivity contribution is -0.116. The average molecular weight is 289 g/mol. The molecule has 5 nitrogen and oxygen atoms in total. The summed E-state index contributed by atoms with van der Waals surface area (Å²) in [6.45, 7) is 3.97. The van der Waals surface area contributed by atoms with E-state index in [4.69, 9.17) is 0 Å². The number of nitrogens with one attached hydrogen (secondary N) is 3. The summed E-state index contributed by atoms with van der Waals surface area (Å²) >= 11 is 0. The highest BCUT2D eigenvalue weighted by atomic mass is 16.2. The number of aryl methyl sites for hydroxylation is 1. The largest absolute Gasteiger partial charge is 0.355 e. The Morgan fingerprint density at radius 2 is 2.19 bits per heavy atom. The van der Waals surface area contributed by atoms with Crippen molar-refractivity contribution < 1.29 is 9.59 Å². The van der Waals surface area contributed by atoms with Gasteiger partial charge < -0.3 is 16.0 Å². The molecule has 0 bridgehead atoms. The van der Waals surface area contributed by atoms with Crippen LogP contribution in [0.3, 0.4) is 0 Å². The van der Waals surface area contributed by atoms with Gasteiger partial charge in [-0.1, -0.05) is 11.6 Å². The summed E-state index contributed by atoms with van der Waals surface area (Å²) in [5.41, 5.74) is 2.08. The fraction of sp³-hybridized carbons (Fsp3) is 0.500. The van der Waals surface area contributed by atoms with Gasteiger partial charge in [0.05, 0.1) is 11.3 Å². The third-order valence-corrected chi connectivity index (χ3v) is 3.86. The van der Waals surface area contributed by atoms with Crippen molar-refractivity contribution >= 4 is 17.5 Å². The van der Waals surface area contributed by atoms with E-state index >= 15 is 0 Å². The highest BCUT2D eigenvalue weighted by Gasteiger charge is 2.17. The predicted molar refractivity (Wildman–Crippen MR) is 83.4 cm³/mol. The minimum absolute atomic E-state index is 0.0316. The minimum Gasteiger partial charge on any atom is -0.355 e. The molecule has 1 aromatic carbocycles. The van der Waals surface area contributed by atoms with E-state index in [0.29, 0.717) is 23.6 Å². The molecule has 5 heteroatoms. The van der Waals surface area contributed by atoms with E-state index in [1.807, 2.05) is 13.0 Å². The van der Waals surface area contributed by atoms with Gasteiger partial charge in [-0.05, 0) is 50.9 Å². The van der Waals surface area contributed by atoms with Crippen molar-refractivity contribution in [1.29, 1.82) is 0 Å². The number of hydrogen-bond donors (Lipinski definition) is 3. The number of carbonyl (C=O) groups is 2. The van der Waals surface area contributed by atoms with E-state index < -0.39 is 0 Å². The normalized spacial score (nSPS) is 17.5. The Hall–Kier alpha value is -1.88. The molecule has 0 saturated carbocycles. The molecule has 1 unspecified atom stereocenters. The van der Waals surface area contributed by atoms with Crippen LogP contribution < -0.4 is 16.0 Å². The van der Waals surface area contributed by atoms with Gasteiger partial charge in [0, 0.05) is 13.5 Å². The Kier molecular flexibility index (Phi) is 5.33. The van der Waals surface area contributed by atoms with Crippen LogP contribution in [0.25, 0.3) is 0 Å². The molecule has 1 aliphatic rings. The van der Waals surface area contributed by atoms with Crippen molar-refractivity contribution in [2.24, 2.45) is 5.92 Å². The van der Waals surface area contributed by atoms with Crippen molar-refractivity contribution in [3.8, 4) is 0 Å². The number of benzene rings is 1. The van der Waals surface area contributed by atoms with Crippen LogP contribution in [-0.4, -0.2) is 32.0 Å². The molecular weight excluding hydrogens is 266 g/mol. The van der Waals surface area contributed by atoms with Gasteiger partial charge in [-0.3, -0.25) is 9.59 Å². The molecule has 1 heterocycles. The summed E-state index contributed by atoms with van der Waals surface area (Å²) in [4.78, 5) is 23.9. The number of amides is 2. The highest BCUT2D eigenvalue weighted by Crippen LogP contribution is 2.19. The van der Waals surface area contributed by atoms with Gasteiger partial charge in [0.15, 0.2) is 0 Å². The van der Waals surface area contributed by atoms with E-state index in [1.165, 1.54) is 0 Å². The van der Waals surface area contributed by atoms with Gasteiger partial charge in [-0.2, -0.15) is 0 Å². The lowest BCUT2D eigenvalue weighted by Crippen LogP contribution is -2.22. The van der Waals surface area contributed by atoms with Crippen molar-refractivity contribution in [2.75, 3.05) is 25.5 Å². The summed E-state index contributed by atoms with van der Waals surface area (Å²) in [6.07, 6.45) is 2.52. The maximum absolute atomic E-state index is 12.1. The molecule has 1 fully saturated rings. The molecule has 0 spiro atoms. The second-order valence-corrected chi connectivity index (χ2v) is 5.57. The van der Waals surface area contributed by atoms with E-state index in [2.05, 4.69) is 16.0 Å². The van der Waals surface area contributed by atoms with E-state index in [0.717, 1.165) is 31.5 Å². The molecule has 2 amide bonds. The lowest BCUT2D eigenvalue weighted by Gasteiger charge is -2.12.